The summed E-state index contributed by atoms with van der Waals surface area (Å²) in [5, 5.41) is 10.1. The molecule has 2 rings (SSSR count). The molecule has 0 aliphatic rings. The van der Waals surface area contributed by atoms with Crippen LogP contribution in [0.2, 0.25) is 0 Å². The van der Waals surface area contributed by atoms with E-state index in [4.69, 9.17) is 5.73 Å². The first-order chi connectivity index (χ1) is 9.16. The maximum Gasteiger partial charge on any atom is 0.267 e. The van der Waals surface area contributed by atoms with E-state index in [2.05, 4.69) is 20.5 Å². The first-order valence-electron chi connectivity index (χ1n) is 6.15. The van der Waals surface area contributed by atoms with Crippen LogP contribution < -0.4 is 11.1 Å². The number of amides is 1. The Labute approximate surface area is 111 Å². The van der Waals surface area contributed by atoms with Gasteiger partial charge in [0.2, 0.25) is 0 Å². The Bertz CT molecular complexity index is 564. The SMILES string of the molecule is Cc1[nH]ncc1CCCNc1ccnc(C(N)=O)c1. The predicted octanol–water partition coefficient (Wildman–Crippen LogP) is 1.26. The van der Waals surface area contributed by atoms with Gasteiger partial charge in [-0.1, -0.05) is 0 Å². The van der Waals surface area contributed by atoms with E-state index < -0.39 is 5.91 Å². The maximum absolute atomic E-state index is 11.0. The molecule has 6 heteroatoms. The molecule has 0 unspecified atom stereocenters. The van der Waals surface area contributed by atoms with Crippen LogP contribution in [0.25, 0.3) is 0 Å². The van der Waals surface area contributed by atoms with Gasteiger partial charge in [-0.25, -0.2) is 0 Å². The van der Waals surface area contributed by atoms with Crippen LogP contribution in [0.1, 0.15) is 28.2 Å². The molecule has 0 saturated carbocycles. The van der Waals surface area contributed by atoms with Gasteiger partial charge < -0.3 is 11.1 Å². The lowest BCUT2D eigenvalue weighted by atomic mass is 10.1. The average molecular weight is 259 g/mol. The summed E-state index contributed by atoms with van der Waals surface area (Å²) < 4.78 is 0. The van der Waals surface area contributed by atoms with Gasteiger partial charge in [0.1, 0.15) is 5.69 Å². The van der Waals surface area contributed by atoms with Gasteiger partial charge in [0.05, 0.1) is 6.20 Å². The number of aromatic amines is 1. The van der Waals surface area contributed by atoms with E-state index in [1.165, 1.54) is 5.56 Å². The van der Waals surface area contributed by atoms with E-state index in [1.54, 1.807) is 12.3 Å². The van der Waals surface area contributed by atoms with E-state index in [0.717, 1.165) is 30.8 Å². The highest BCUT2D eigenvalue weighted by Gasteiger charge is 2.03. The average Bonchev–Trinajstić information content (AvgIpc) is 2.81. The molecule has 2 aromatic rings. The summed E-state index contributed by atoms with van der Waals surface area (Å²) >= 11 is 0. The fraction of sp³-hybridized carbons (Fsp3) is 0.308. The van der Waals surface area contributed by atoms with Crippen LogP contribution in [-0.4, -0.2) is 27.6 Å². The van der Waals surface area contributed by atoms with Crippen LogP contribution in [0.5, 0.6) is 0 Å². The van der Waals surface area contributed by atoms with Gasteiger partial charge in [0.15, 0.2) is 0 Å². The molecule has 6 nitrogen and oxygen atoms in total. The van der Waals surface area contributed by atoms with Crippen LogP contribution in [-0.2, 0) is 6.42 Å². The Morgan fingerprint density at radius 3 is 3.05 bits per heavy atom. The zero-order valence-electron chi connectivity index (χ0n) is 10.8. The number of hydrogen-bond donors (Lipinski definition) is 3. The lowest BCUT2D eigenvalue weighted by molar-refractivity contribution is 0.0995. The molecular formula is C13H17N5O. The van der Waals surface area contributed by atoms with Crippen molar-refractivity contribution in [2.75, 3.05) is 11.9 Å². The molecule has 0 aliphatic carbocycles. The number of aromatic nitrogens is 3. The lowest BCUT2D eigenvalue weighted by Gasteiger charge is -2.06. The number of H-pyrrole nitrogens is 1. The summed E-state index contributed by atoms with van der Waals surface area (Å²) in [7, 11) is 0. The molecule has 0 fully saturated rings. The second-order valence-electron chi connectivity index (χ2n) is 4.34. The molecule has 0 atom stereocenters. The van der Waals surface area contributed by atoms with Crippen molar-refractivity contribution in [3.05, 3.63) is 41.5 Å². The van der Waals surface area contributed by atoms with E-state index in [0.29, 0.717) is 0 Å². The largest absolute Gasteiger partial charge is 0.385 e. The van der Waals surface area contributed by atoms with Crippen molar-refractivity contribution in [3.63, 3.8) is 0 Å². The Hall–Kier alpha value is -2.37. The molecule has 0 bridgehead atoms. The normalized spacial score (nSPS) is 10.4. The zero-order chi connectivity index (χ0) is 13.7. The van der Waals surface area contributed by atoms with E-state index in [9.17, 15) is 4.79 Å². The summed E-state index contributed by atoms with van der Waals surface area (Å²) in [4.78, 5) is 14.9. The summed E-state index contributed by atoms with van der Waals surface area (Å²) in [6.45, 7) is 2.82. The number of hydrogen-bond acceptors (Lipinski definition) is 4. The highest BCUT2D eigenvalue weighted by molar-refractivity contribution is 5.91. The third-order valence-electron chi connectivity index (χ3n) is 2.90. The second kappa shape index (κ2) is 5.99. The fourth-order valence-electron chi connectivity index (χ4n) is 1.81. The van der Waals surface area contributed by atoms with Crippen LogP contribution in [0.3, 0.4) is 0 Å². The second-order valence-corrected chi connectivity index (χ2v) is 4.34. The Morgan fingerprint density at radius 2 is 2.37 bits per heavy atom. The number of nitrogens with two attached hydrogens (primary N) is 1. The fourth-order valence-corrected chi connectivity index (χ4v) is 1.81. The molecule has 0 aliphatic heterocycles. The maximum atomic E-state index is 11.0. The van der Waals surface area contributed by atoms with Crippen molar-refractivity contribution < 1.29 is 4.79 Å². The standard InChI is InChI=1S/C13H17N5O/c1-9-10(8-17-18-9)3-2-5-15-11-4-6-16-12(7-11)13(14)19/h4,6-8H,2-3,5H2,1H3,(H2,14,19)(H,15,16)(H,17,18). The molecule has 2 aromatic heterocycles. The summed E-state index contributed by atoms with van der Waals surface area (Å²) in [6, 6.07) is 3.47. The molecular weight excluding hydrogens is 242 g/mol. The quantitative estimate of drug-likeness (QED) is 0.680. The third kappa shape index (κ3) is 3.54. The Balaban J connectivity index is 1.81. The predicted molar refractivity (Wildman–Crippen MR) is 72.9 cm³/mol. The first kappa shape index (κ1) is 13.1. The summed E-state index contributed by atoms with van der Waals surface area (Å²) in [5.41, 5.74) is 8.65. The topological polar surface area (TPSA) is 96.7 Å². The minimum Gasteiger partial charge on any atom is -0.385 e. The van der Waals surface area contributed by atoms with Crippen LogP contribution in [0.15, 0.2) is 24.5 Å². The minimum atomic E-state index is -0.516. The van der Waals surface area contributed by atoms with Crippen LogP contribution in [0, 0.1) is 6.92 Å². The number of carbonyl (C=O) groups excluding carboxylic acids is 1. The van der Waals surface area contributed by atoms with Crippen molar-refractivity contribution >= 4 is 11.6 Å². The molecule has 0 saturated heterocycles. The van der Waals surface area contributed by atoms with Gasteiger partial charge >= 0.3 is 0 Å². The number of pyridine rings is 1. The molecule has 19 heavy (non-hydrogen) atoms. The molecule has 0 aromatic carbocycles. The van der Waals surface area contributed by atoms with E-state index in [-0.39, 0.29) is 5.69 Å². The molecule has 4 N–H and O–H groups in total. The van der Waals surface area contributed by atoms with E-state index in [1.807, 2.05) is 19.2 Å². The number of carbonyl (C=O) groups is 1. The van der Waals surface area contributed by atoms with Crippen molar-refractivity contribution in [2.45, 2.75) is 19.8 Å². The van der Waals surface area contributed by atoms with Crippen molar-refractivity contribution in [3.8, 4) is 0 Å². The van der Waals surface area contributed by atoms with Crippen LogP contribution >= 0.6 is 0 Å². The van der Waals surface area contributed by atoms with Gasteiger partial charge in [0, 0.05) is 24.1 Å². The lowest BCUT2D eigenvalue weighted by Crippen LogP contribution is -2.13. The number of aryl methyl sites for hydroxylation is 2. The molecule has 100 valence electrons. The van der Waals surface area contributed by atoms with Crippen molar-refractivity contribution in [2.24, 2.45) is 5.73 Å². The summed E-state index contributed by atoms with van der Waals surface area (Å²) in [6.07, 6.45) is 5.37. The third-order valence-corrected chi connectivity index (χ3v) is 2.90. The highest BCUT2D eigenvalue weighted by atomic mass is 16.1. The highest BCUT2D eigenvalue weighted by Crippen LogP contribution is 2.09. The van der Waals surface area contributed by atoms with Gasteiger partial charge in [-0.2, -0.15) is 5.10 Å². The smallest absolute Gasteiger partial charge is 0.267 e. The van der Waals surface area contributed by atoms with Gasteiger partial charge in [-0.05, 0) is 37.5 Å². The Kier molecular flexibility index (Phi) is 4.12. The monoisotopic (exact) mass is 259 g/mol. The van der Waals surface area contributed by atoms with Crippen molar-refractivity contribution in [1.82, 2.24) is 15.2 Å². The number of nitrogens with one attached hydrogen (secondary N) is 2. The minimum absolute atomic E-state index is 0.274. The number of nitrogens with zero attached hydrogens (tertiary/aromatic N) is 2. The van der Waals surface area contributed by atoms with Gasteiger partial charge in [0.25, 0.3) is 5.91 Å². The van der Waals surface area contributed by atoms with Gasteiger partial charge in [-0.15, -0.1) is 0 Å². The molecule has 0 spiro atoms. The molecule has 2 heterocycles. The molecule has 1 amide bonds. The zero-order valence-corrected chi connectivity index (χ0v) is 10.8. The Morgan fingerprint density at radius 1 is 1.53 bits per heavy atom. The first-order valence-corrected chi connectivity index (χ1v) is 6.15. The summed E-state index contributed by atoms with van der Waals surface area (Å²) in [5.74, 6) is -0.516. The number of anilines is 1. The molecule has 0 radical (unpaired) electrons. The number of rotatable bonds is 6. The van der Waals surface area contributed by atoms with Crippen molar-refractivity contribution in [1.29, 1.82) is 0 Å². The van der Waals surface area contributed by atoms with Crippen LogP contribution in [0.4, 0.5) is 5.69 Å². The van der Waals surface area contributed by atoms with Gasteiger partial charge in [-0.3, -0.25) is 14.9 Å². The van der Waals surface area contributed by atoms with E-state index >= 15 is 0 Å². The number of primary amides is 1.